The number of nitrogens with one attached hydrogen (secondary N) is 2. The van der Waals surface area contributed by atoms with Crippen LogP contribution in [0, 0.1) is 5.92 Å². The lowest BCUT2D eigenvalue weighted by atomic mass is 9.82. The van der Waals surface area contributed by atoms with Gasteiger partial charge in [0.2, 0.25) is 0 Å². The third-order valence-electron chi connectivity index (χ3n) is 4.71. The summed E-state index contributed by atoms with van der Waals surface area (Å²) in [5.74, 6) is 0.500. The molecule has 5 heteroatoms. The predicted octanol–water partition coefficient (Wildman–Crippen LogP) is 3.17. The molecule has 1 saturated heterocycles. The Kier molecular flexibility index (Phi) is 5.26. The van der Waals surface area contributed by atoms with E-state index in [0.29, 0.717) is 18.6 Å². The van der Waals surface area contributed by atoms with Gasteiger partial charge in [0, 0.05) is 30.0 Å². The van der Waals surface area contributed by atoms with Crippen molar-refractivity contribution in [2.24, 2.45) is 5.92 Å². The molecule has 2 N–H and O–H groups in total. The maximum Gasteiger partial charge on any atom is 0.315 e. The van der Waals surface area contributed by atoms with Crippen molar-refractivity contribution in [3.05, 3.63) is 29.8 Å². The van der Waals surface area contributed by atoms with Crippen molar-refractivity contribution in [3.8, 4) is 0 Å². The molecule has 2 amide bonds. The third-order valence-corrected chi connectivity index (χ3v) is 5.45. The minimum atomic E-state index is -0.0634. The Morgan fingerprint density at radius 1 is 1.27 bits per heavy atom. The van der Waals surface area contributed by atoms with E-state index in [2.05, 4.69) is 41.2 Å². The van der Waals surface area contributed by atoms with Gasteiger partial charge in [-0.2, -0.15) is 0 Å². The highest BCUT2D eigenvalue weighted by Gasteiger charge is 2.38. The van der Waals surface area contributed by atoms with Crippen molar-refractivity contribution in [1.29, 1.82) is 0 Å². The van der Waals surface area contributed by atoms with Crippen molar-refractivity contribution in [2.75, 3.05) is 12.9 Å². The second-order valence-electron chi connectivity index (χ2n) is 6.07. The van der Waals surface area contributed by atoms with Gasteiger partial charge in [-0.15, -0.1) is 11.8 Å². The molecular formula is C17H24N2O2S. The van der Waals surface area contributed by atoms with E-state index in [-0.39, 0.29) is 12.1 Å². The SMILES string of the molecule is CSc1ccc(CNC(=O)N[C@@H]2CCC[C@@H]3OCC[C@H]32)cc1. The van der Waals surface area contributed by atoms with Gasteiger partial charge in [0.15, 0.2) is 0 Å². The summed E-state index contributed by atoms with van der Waals surface area (Å²) in [6.07, 6.45) is 6.85. The van der Waals surface area contributed by atoms with Gasteiger partial charge in [0.25, 0.3) is 0 Å². The van der Waals surface area contributed by atoms with Crippen molar-refractivity contribution >= 4 is 17.8 Å². The van der Waals surface area contributed by atoms with E-state index in [1.165, 1.54) is 4.90 Å². The van der Waals surface area contributed by atoms with Crippen LogP contribution in [-0.2, 0) is 11.3 Å². The topological polar surface area (TPSA) is 50.4 Å². The van der Waals surface area contributed by atoms with E-state index < -0.39 is 0 Å². The van der Waals surface area contributed by atoms with Crippen LogP contribution in [0.5, 0.6) is 0 Å². The fourth-order valence-electron chi connectivity index (χ4n) is 3.50. The monoisotopic (exact) mass is 320 g/mol. The minimum Gasteiger partial charge on any atom is -0.378 e. The molecule has 3 rings (SSSR count). The number of rotatable bonds is 4. The molecule has 3 atom stereocenters. The van der Waals surface area contributed by atoms with Crippen LogP contribution >= 0.6 is 11.8 Å². The molecule has 1 aliphatic carbocycles. The van der Waals surface area contributed by atoms with Gasteiger partial charge < -0.3 is 15.4 Å². The van der Waals surface area contributed by atoms with Gasteiger partial charge in [0.1, 0.15) is 0 Å². The highest BCUT2D eigenvalue weighted by molar-refractivity contribution is 7.98. The maximum atomic E-state index is 12.1. The first-order valence-corrected chi connectivity index (χ1v) is 9.27. The molecule has 1 aromatic rings. The Labute approximate surface area is 136 Å². The van der Waals surface area contributed by atoms with Gasteiger partial charge in [-0.1, -0.05) is 12.1 Å². The lowest BCUT2D eigenvalue weighted by molar-refractivity contribution is 0.0549. The standard InChI is InChI=1S/C17H24N2O2S/c1-22-13-7-5-12(6-8-13)11-18-17(20)19-15-3-2-4-16-14(15)9-10-21-16/h5-8,14-16H,2-4,9-11H2,1H3,(H2,18,19,20)/t14-,15+,16-/m0/s1. The van der Waals surface area contributed by atoms with Gasteiger partial charge in [0.05, 0.1) is 6.10 Å². The zero-order valence-electron chi connectivity index (χ0n) is 13.0. The lowest BCUT2D eigenvalue weighted by Gasteiger charge is -2.33. The molecule has 1 aromatic carbocycles. The average Bonchev–Trinajstić information content (AvgIpc) is 3.03. The van der Waals surface area contributed by atoms with Crippen LogP contribution in [0.4, 0.5) is 4.79 Å². The molecule has 1 heterocycles. The van der Waals surface area contributed by atoms with Crippen molar-refractivity contribution in [1.82, 2.24) is 10.6 Å². The molecule has 0 spiro atoms. The molecule has 0 unspecified atom stereocenters. The Morgan fingerprint density at radius 2 is 2.09 bits per heavy atom. The lowest BCUT2D eigenvalue weighted by Crippen LogP contribution is -2.49. The minimum absolute atomic E-state index is 0.0634. The summed E-state index contributed by atoms with van der Waals surface area (Å²) < 4.78 is 5.75. The fraction of sp³-hybridized carbons (Fsp3) is 0.588. The van der Waals surface area contributed by atoms with E-state index >= 15 is 0 Å². The summed E-state index contributed by atoms with van der Waals surface area (Å²) in [6.45, 7) is 1.41. The van der Waals surface area contributed by atoms with Crippen molar-refractivity contribution in [3.63, 3.8) is 0 Å². The summed E-state index contributed by atoms with van der Waals surface area (Å²) in [7, 11) is 0. The van der Waals surface area contributed by atoms with E-state index in [0.717, 1.165) is 37.9 Å². The molecule has 2 fully saturated rings. The van der Waals surface area contributed by atoms with Crippen LogP contribution in [0.25, 0.3) is 0 Å². The number of benzene rings is 1. The summed E-state index contributed by atoms with van der Waals surface area (Å²) >= 11 is 1.72. The maximum absolute atomic E-state index is 12.1. The summed E-state index contributed by atoms with van der Waals surface area (Å²) in [4.78, 5) is 13.4. The number of carbonyl (C=O) groups excluding carboxylic acids is 1. The number of thioether (sulfide) groups is 1. The van der Waals surface area contributed by atoms with Crippen LogP contribution in [0.15, 0.2) is 29.2 Å². The van der Waals surface area contributed by atoms with Crippen LogP contribution in [0.2, 0.25) is 0 Å². The molecular weight excluding hydrogens is 296 g/mol. The number of hydrogen-bond donors (Lipinski definition) is 2. The number of amides is 2. The fourth-order valence-corrected chi connectivity index (χ4v) is 3.91. The molecule has 1 aliphatic heterocycles. The van der Waals surface area contributed by atoms with Crippen LogP contribution in [-0.4, -0.2) is 31.0 Å². The number of ether oxygens (including phenoxy) is 1. The summed E-state index contributed by atoms with van der Waals surface area (Å²) in [5, 5.41) is 6.11. The van der Waals surface area contributed by atoms with Crippen molar-refractivity contribution in [2.45, 2.75) is 49.3 Å². The Hall–Kier alpha value is -1.20. The zero-order valence-corrected chi connectivity index (χ0v) is 13.8. The molecule has 22 heavy (non-hydrogen) atoms. The molecule has 2 aliphatic rings. The quantitative estimate of drug-likeness (QED) is 0.838. The largest absolute Gasteiger partial charge is 0.378 e. The van der Waals surface area contributed by atoms with Crippen LogP contribution in [0.1, 0.15) is 31.2 Å². The van der Waals surface area contributed by atoms with Crippen LogP contribution in [0.3, 0.4) is 0 Å². The first-order chi connectivity index (χ1) is 10.8. The Morgan fingerprint density at radius 3 is 2.86 bits per heavy atom. The average molecular weight is 320 g/mol. The van der Waals surface area contributed by atoms with E-state index in [9.17, 15) is 4.79 Å². The molecule has 0 radical (unpaired) electrons. The van der Waals surface area contributed by atoms with Gasteiger partial charge in [-0.05, 0) is 49.6 Å². The first kappa shape index (κ1) is 15.7. The normalized spacial score (nSPS) is 27.2. The second kappa shape index (κ2) is 7.38. The molecule has 0 aromatic heterocycles. The first-order valence-electron chi connectivity index (χ1n) is 8.05. The van der Waals surface area contributed by atoms with E-state index in [4.69, 9.17) is 4.74 Å². The van der Waals surface area contributed by atoms with Gasteiger partial charge in [-0.25, -0.2) is 4.79 Å². The number of hydrogen-bond acceptors (Lipinski definition) is 3. The summed E-state index contributed by atoms with van der Waals surface area (Å²) in [6, 6.07) is 8.50. The van der Waals surface area contributed by atoms with E-state index in [1.807, 2.05) is 0 Å². The van der Waals surface area contributed by atoms with Gasteiger partial charge in [-0.3, -0.25) is 0 Å². The van der Waals surface area contributed by atoms with E-state index in [1.54, 1.807) is 11.8 Å². The summed E-state index contributed by atoms with van der Waals surface area (Å²) in [5.41, 5.74) is 1.12. The predicted molar refractivity (Wildman–Crippen MR) is 89.1 cm³/mol. The smallest absolute Gasteiger partial charge is 0.315 e. The van der Waals surface area contributed by atoms with Crippen LogP contribution < -0.4 is 10.6 Å². The molecule has 0 bridgehead atoms. The molecule has 120 valence electrons. The zero-order chi connectivity index (χ0) is 15.4. The van der Waals surface area contributed by atoms with Gasteiger partial charge >= 0.3 is 6.03 Å². The molecule has 4 nitrogen and oxygen atoms in total. The van der Waals surface area contributed by atoms with Crippen molar-refractivity contribution < 1.29 is 9.53 Å². The number of urea groups is 1. The Balaban J connectivity index is 1.47. The highest BCUT2D eigenvalue weighted by atomic mass is 32.2. The number of fused-ring (bicyclic) bond motifs is 1. The number of carbonyl (C=O) groups is 1. The third kappa shape index (κ3) is 3.76. The Bertz CT molecular complexity index is 506. The molecule has 1 saturated carbocycles. The highest BCUT2D eigenvalue weighted by Crippen LogP contribution is 2.34. The second-order valence-corrected chi connectivity index (χ2v) is 6.95.